The number of para-hydroxylation sites is 1. The van der Waals surface area contributed by atoms with Crippen molar-refractivity contribution in [3.05, 3.63) is 47.7 Å². The molecule has 0 amide bonds. The standard InChI is InChI=1S/C15H17N5/c1-2-5-12-8-11(10-16)9-15(17-12)20-14-7-4-3-6-13(14)18-19-20/h3-4,6-9H,2,5,10,16H2,1H3. The van der Waals surface area contributed by atoms with Gasteiger partial charge in [0.2, 0.25) is 0 Å². The Morgan fingerprint density at radius 1 is 1.20 bits per heavy atom. The Morgan fingerprint density at radius 2 is 2.05 bits per heavy atom. The van der Waals surface area contributed by atoms with Crippen LogP contribution in [0.4, 0.5) is 0 Å². The topological polar surface area (TPSA) is 69.6 Å². The first kappa shape index (κ1) is 12.7. The van der Waals surface area contributed by atoms with Gasteiger partial charge in [-0.1, -0.05) is 30.7 Å². The van der Waals surface area contributed by atoms with E-state index in [1.165, 1.54) is 0 Å². The van der Waals surface area contributed by atoms with Crippen molar-refractivity contribution in [2.24, 2.45) is 5.73 Å². The Kier molecular flexibility index (Phi) is 3.43. The first-order valence-corrected chi connectivity index (χ1v) is 6.82. The van der Waals surface area contributed by atoms with Crippen LogP contribution in [0.1, 0.15) is 24.6 Å². The number of aromatic nitrogens is 4. The largest absolute Gasteiger partial charge is 0.326 e. The molecular weight excluding hydrogens is 250 g/mol. The first-order valence-electron chi connectivity index (χ1n) is 6.82. The third-order valence-corrected chi connectivity index (χ3v) is 3.24. The van der Waals surface area contributed by atoms with Crippen molar-refractivity contribution in [3.63, 3.8) is 0 Å². The van der Waals surface area contributed by atoms with Crippen LogP contribution in [-0.4, -0.2) is 20.0 Å². The average molecular weight is 267 g/mol. The fourth-order valence-corrected chi connectivity index (χ4v) is 2.28. The monoisotopic (exact) mass is 267 g/mol. The Labute approximate surface area is 117 Å². The van der Waals surface area contributed by atoms with Gasteiger partial charge in [-0.3, -0.25) is 0 Å². The third-order valence-electron chi connectivity index (χ3n) is 3.24. The molecule has 0 atom stereocenters. The lowest BCUT2D eigenvalue weighted by Crippen LogP contribution is -2.06. The average Bonchev–Trinajstić information content (AvgIpc) is 2.91. The summed E-state index contributed by atoms with van der Waals surface area (Å²) in [5.74, 6) is 0.783. The van der Waals surface area contributed by atoms with Gasteiger partial charge in [0.15, 0.2) is 5.82 Å². The van der Waals surface area contributed by atoms with Crippen molar-refractivity contribution in [1.29, 1.82) is 0 Å². The highest BCUT2D eigenvalue weighted by Gasteiger charge is 2.09. The molecule has 0 saturated heterocycles. The molecule has 2 heterocycles. The summed E-state index contributed by atoms with van der Waals surface area (Å²) in [6.45, 7) is 2.64. The SMILES string of the molecule is CCCc1cc(CN)cc(-n2nnc3ccccc32)n1. The number of fused-ring (bicyclic) bond motifs is 1. The van der Waals surface area contributed by atoms with Gasteiger partial charge in [0.1, 0.15) is 5.52 Å². The second-order valence-electron chi connectivity index (χ2n) is 4.77. The summed E-state index contributed by atoms with van der Waals surface area (Å²) in [5, 5.41) is 8.37. The van der Waals surface area contributed by atoms with E-state index in [4.69, 9.17) is 5.73 Å². The highest BCUT2D eigenvalue weighted by Crippen LogP contribution is 2.16. The van der Waals surface area contributed by atoms with E-state index in [2.05, 4.69) is 28.3 Å². The number of aryl methyl sites for hydroxylation is 1. The predicted octanol–water partition coefficient (Wildman–Crippen LogP) is 2.23. The van der Waals surface area contributed by atoms with Gasteiger partial charge in [0, 0.05) is 12.2 Å². The molecule has 1 aromatic carbocycles. The molecule has 2 aromatic heterocycles. The Hall–Kier alpha value is -2.27. The van der Waals surface area contributed by atoms with Crippen LogP contribution in [0.5, 0.6) is 0 Å². The lowest BCUT2D eigenvalue weighted by Gasteiger charge is -2.07. The summed E-state index contributed by atoms with van der Waals surface area (Å²) in [6, 6.07) is 11.9. The van der Waals surface area contributed by atoms with Crippen LogP contribution in [0, 0.1) is 0 Å². The van der Waals surface area contributed by atoms with Crippen LogP contribution >= 0.6 is 0 Å². The van der Waals surface area contributed by atoms with Crippen LogP contribution in [-0.2, 0) is 13.0 Å². The summed E-state index contributed by atoms with van der Waals surface area (Å²) in [7, 11) is 0. The summed E-state index contributed by atoms with van der Waals surface area (Å²) < 4.78 is 1.77. The van der Waals surface area contributed by atoms with Gasteiger partial charge in [0.25, 0.3) is 0 Å². The normalized spacial score (nSPS) is 11.1. The first-order chi connectivity index (χ1) is 9.81. The van der Waals surface area contributed by atoms with E-state index in [0.717, 1.165) is 41.0 Å². The Balaban J connectivity index is 2.15. The molecule has 20 heavy (non-hydrogen) atoms. The second kappa shape index (κ2) is 5.38. The Bertz CT molecular complexity index is 732. The van der Waals surface area contributed by atoms with Crippen LogP contribution in [0.2, 0.25) is 0 Å². The third kappa shape index (κ3) is 2.28. The van der Waals surface area contributed by atoms with Crippen molar-refractivity contribution in [3.8, 4) is 5.82 Å². The van der Waals surface area contributed by atoms with E-state index in [-0.39, 0.29) is 0 Å². The van der Waals surface area contributed by atoms with Crippen molar-refractivity contribution in [2.45, 2.75) is 26.3 Å². The fraction of sp³-hybridized carbons (Fsp3) is 0.267. The van der Waals surface area contributed by atoms with Crippen molar-refractivity contribution < 1.29 is 0 Å². The highest BCUT2D eigenvalue weighted by atomic mass is 15.4. The maximum atomic E-state index is 5.78. The molecule has 0 radical (unpaired) electrons. The lowest BCUT2D eigenvalue weighted by molar-refractivity contribution is 0.780. The van der Waals surface area contributed by atoms with Gasteiger partial charge in [-0.25, -0.2) is 4.98 Å². The number of pyridine rings is 1. The van der Waals surface area contributed by atoms with E-state index in [1.807, 2.05) is 30.3 Å². The number of nitrogens with zero attached hydrogens (tertiary/aromatic N) is 4. The molecule has 0 unspecified atom stereocenters. The highest BCUT2D eigenvalue weighted by molar-refractivity contribution is 5.75. The number of hydrogen-bond donors (Lipinski definition) is 1. The smallest absolute Gasteiger partial charge is 0.156 e. The summed E-state index contributed by atoms with van der Waals surface area (Å²) >= 11 is 0. The molecule has 0 bridgehead atoms. The fourth-order valence-electron chi connectivity index (χ4n) is 2.28. The zero-order valence-corrected chi connectivity index (χ0v) is 11.5. The Morgan fingerprint density at radius 3 is 2.85 bits per heavy atom. The zero-order valence-electron chi connectivity index (χ0n) is 11.5. The molecule has 0 aliphatic heterocycles. The van der Waals surface area contributed by atoms with Gasteiger partial charge in [-0.15, -0.1) is 5.10 Å². The molecule has 3 aromatic rings. The summed E-state index contributed by atoms with van der Waals surface area (Å²) in [5.41, 5.74) is 9.71. The van der Waals surface area contributed by atoms with Crippen molar-refractivity contribution in [2.75, 3.05) is 0 Å². The van der Waals surface area contributed by atoms with Crippen molar-refractivity contribution in [1.82, 2.24) is 20.0 Å². The van der Waals surface area contributed by atoms with Crippen LogP contribution in [0.15, 0.2) is 36.4 Å². The minimum atomic E-state index is 0.499. The predicted molar refractivity (Wildman–Crippen MR) is 78.5 cm³/mol. The number of hydrogen-bond acceptors (Lipinski definition) is 4. The van der Waals surface area contributed by atoms with Gasteiger partial charge in [-0.2, -0.15) is 4.68 Å². The quantitative estimate of drug-likeness (QED) is 0.787. The minimum Gasteiger partial charge on any atom is -0.326 e. The molecule has 0 fully saturated rings. The minimum absolute atomic E-state index is 0.499. The number of nitrogens with two attached hydrogens (primary N) is 1. The maximum absolute atomic E-state index is 5.78. The van der Waals surface area contributed by atoms with Gasteiger partial charge < -0.3 is 5.73 Å². The van der Waals surface area contributed by atoms with Crippen LogP contribution in [0.3, 0.4) is 0 Å². The van der Waals surface area contributed by atoms with Crippen LogP contribution < -0.4 is 5.73 Å². The number of benzene rings is 1. The van der Waals surface area contributed by atoms with E-state index in [9.17, 15) is 0 Å². The number of rotatable bonds is 4. The molecule has 5 heteroatoms. The lowest BCUT2D eigenvalue weighted by atomic mass is 10.1. The summed E-state index contributed by atoms with van der Waals surface area (Å²) in [6.07, 6.45) is 1.99. The van der Waals surface area contributed by atoms with Gasteiger partial charge in [-0.05, 0) is 36.2 Å². The molecule has 5 nitrogen and oxygen atoms in total. The second-order valence-corrected chi connectivity index (χ2v) is 4.77. The van der Waals surface area contributed by atoms with E-state index in [1.54, 1.807) is 4.68 Å². The van der Waals surface area contributed by atoms with E-state index in [0.29, 0.717) is 6.54 Å². The maximum Gasteiger partial charge on any atom is 0.156 e. The molecule has 0 spiro atoms. The van der Waals surface area contributed by atoms with Crippen molar-refractivity contribution >= 4 is 11.0 Å². The molecule has 0 saturated carbocycles. The molecule has 0 aliphatic rings. The zero-order chi connectivity index (χ0) is 13.9. The molecule has 2 N–H and O–H groups in total. The molecule has 3 rings (SSSR count). The van der Waals surface area contributed by atoms with Gasteiger partial charge >= 0.3 is 0 Å². The molecule has 102 valence electrons. The summed E-state index contributed by atoms with van der Waals surface area (Å²) in [4.78, 5) is 4.67. The van der Waals surface area contributed by atoms with Gasteiger partial charge in [0.05, 0.1) is 5.52 Å². The molecule has 0 aliphatic carbocycles. The van der Waals surface area contributed by atoms with E-state index >= 15 is 0 Å². The molecular formula is C15H17N5. The van der Waals surface area contributed by atoms with Crippen LogP contribution in [0.25, 0.3) is 16.9 Å². The van der Waals surface area contributed by atoms with E-state index < -0.39 is 0 Å².